The highest BCUT2D eigenvalue weighted by Crippen LogP contribution is 2.32. The Balaban J connectivity index is 2.21. The second-order valence-corrected chi connectivity index (χ2v) is 8.01. The van der Waals surface area contributed by atoms with Crippen LogP contribution in [0.4, 0.5) is 0 Å². The highest BCUT2D eigenvalue weighted by atomic mass is 16.5. The fourth-order valence-electron chi connectivity index (χ4n) is 3.84. The number of hydrogen-bond acceptors (Lipinski definition) is 4. The molecule has 2 unspecified atom stereocenters. The lowest BCUT2D eigenvalue weighted by atomic mass is 9.79. The van der Waals surface area contributed by atoms with Crippen molar-refractivity contribution < 1.29 is 19.1 Å². The molecule has 2 atom stereocenters. The van der Waals surface area contributed by atoms with Gasteiger partial charge < -0.3 is 9.47 Å². The van der Waals surface area contributed by atoms with Crippen LogP contribution in [0.1, 0.15) is 110 Å². The summed E-state index contributed by atoms with van der Waals surface area (Å²) in [5, 5.41) is 0. The topological polar surface area (TPSA) is 52.6 Å². The van der Waals surface area contributed by atoms with Crippen LogP contribution in [0.5, 0.6) is 0 Å². The summed E-state index contributed by atoms with van der Waals surface area (Å²) in [7, 11) is 0. The lowest BCUT2D eigenvalue weighted by Crippen LogP contribution is -2.35. The first-order valence-electron chi connectivity index (χ1n) is 11.5. The summed E-state index contributed by atoms with van der Waals surface area (Å²) in [5.41, 5.74) is 0. The quantitative estimate of drug-likeness (QED) is 0.249. The lowest BCUT2D eigenvalue weighted by Gasteiger charge is -2.28. The van der Waals surface area contributed by atoms with Gasteiger partial charge in [-0.25, -0.2) is 0 Å². The third-order valence-corrected chi connectivity index (χ3v) is 5.61. The summed E-state index contributed by atoms with van der Waals surface area (Å²) in [6, 6.07) is 0. The van der Waals surface area contributed by atoms with Gasteiger partial charge in [0.25, 0.3) is 0 Å². The lowest BCUT2D eigenvalue weighted by molar-refractivity contribution is -0.163. The molecule has 4 nitrogen and oxygen atoms in total. The van der Waals surface area contributed by atoms with Gasteiger partial charge in [-0.3, -0.25) is 9.59 Å². The molecular weight excluding hydrogens is 340 g/mol. The van der Waals surface area contributed by atoms with E-state index in [-0.39, 0.29) is 23.8 Å². The van der Waals surface area contributed by atoms with Crippen LogP contribution in [0, 0.1) is 11.8 Å². The largest absolute Gasteiger partial charge is 0.465 e. The summed E-state index contributed by atoms with van der Waals surface area (Å²) < 4.78 is 10.9. The van der Waals surface area contributed by atoms with Crippen molar-refractivity contribution in [3.8, 4) is 0 Å². The Morgan fingerprint density at radius 1 is 0.630 bits per heavy atom. The maximum absolute atomic E-state index is 12.5. The van der Waals surface area contributed by atoms with Gasteiger partial charge in [-0.1, -0.05) is 84.5 Å². The van der Waals surface area contributed by atoms with E-state index < -0.39 is 0 Å². The summed E-state index contributed by atoms with van der Waals surface area (Å²) in [6.07, 6.45) is 16.4. The average molecular weight is 383 g/mol. The number of carbonyl (C=O) groups excluding carboxylic acids is 2. The molecule has 0 aromatic heterocycles. The van der Waals surface area contributed by atoms with Crippen LogP contribution in [0.15, 0.2) is 0 Å². The highest BCUT2D eigenvalue weighted by Gasteiger charge is 2.37. The van der Waals surface area contributed by atoms with Gasteiger partial charge in [0.1, 0.15) is 0 Å². The van der Waals surface area contributed by atoms with Crippen LogP contribution in [0.2, 0.25) is 0 Å². The number of rotatable bonds is 15. The van der Waals surface area contributed by atoms with E-state index in [1.54, 1.807) is 0 Å². The van der Waals surface area contributed by atoms with Crippen LogP contribution < -0.4 is 0 Å². The molecular formula is C23H42O4. The molecule has 1 rings (SSSR count). The van der Waals surface area contributed by atoms with E-state index in [0.29, 0.717) is 13.2 Å². The number of ether oxygens (including phenoxy) is 2. The van der Waals surface area contributed by atoms with Crippen molar-refractivity contribution in [2.75, 3.05) is 13.2 Å². The van der Waals surface area contributed by atoms with Crippen molar-refractivity contribution in [2.45, 2.75) is 110 Å². The zero-order valence-corrected chi connectivity index (χ0v) is 17.8. The van der Waals surface area contributed by atoms with Crippen LogP contribution in [-0.4, -0.2) is 25.2 Å². The number of unbranched alkanes of at least 4 members (excludes halogenated alkanes) is 9. The molecule has 0 spiro atoms. The minimum atomic E-state index is -0.300. The van der Waals surface area contributed by atoms with E-state index in [4.69, 9.17) is 9.47 Å². The highest BCUT2D eigenvalue weighted by molar-refractivity contribution is 5.82. The molecule has 0 saturated heterocycles. The van der Waals surface area contributed by atoms with Gasteiger partial charge in [0.2, 0.25) is 0 Å². The molecule has 0 aromatic rings. The summed E-state index contributed by atoms with van der Waals surface area (Å²) in [6.45, 7) is 5.32. The molecule has 0 bridgehead atoms. The van der Waals surface area contributed by atoms with Crippen LogP contribution in [0.25, 0.3) is 0 Å². The Kier molecular flexibility index (Phi) is 14.2. The molecule has 158 valence electrons. The fourth-order valence-corrected chi connectivity index (χ4v) is 3.84. The van der Waals surface area contributed by atoms with Crippen LogP contribution >= 0.6 is 0 Å². The predicted octanol–water partition coefficient (Wildman–Crippen LogP) is 6.21. The van der Waals surface area contributed by atoms with Gasteiger partial charge in [-0.05, 0) is 25.7 Å². The van der Waals surface area contributed by atoms with Crippen LogP contribution in [-0.2, 0) is 19.1 Å². The van der Waals surface area contributed by atoms with Crippen molar-refractivity contribution >= 4 is 11.9 Å². The third-order valence-electron chi connectivity index (χ3n) is 5.61. The molecule has 1 saturated carbocycles. The molecule has 27 heavy (non-hydrogen) atoms. The van der Waals surface area contributed by atoms with Gasteiger partial charge in [-0.15, -0.1) is 0 Å². The monoisotopic (exact) mass is 382 g/mol. The predicted molar refractivity (Wildman–Crippen MR) is 110 cm³/mol. The molecule has 0 aliphatic heterocycles. The van der Waals surface area contributed by atoms with Crippen molar-refractivity contribution in [3.05, 3.63) is 0 Å². The minimum absolute atomic E-state index is 0.187. The Morgan fingerprint density at radius 3 is 1.48 bits per heavy atom. The molecule has 0 radical (unpaired) electrons. The van der Waals surface area contributed by atoms with E-state index in [2.05, 4.69) is 13.8 Å². The first kappa shape index (κ1) is 24.0. The van der Waals surface area contributed by atoms with Gasteiger partial charge in [0.15, 0.2) is 0 Å². The van der Waals surface area contributed by atoms with E-state index in [1.807, 2.05) is 0 Å². The number of hydrogen-bond donors (Lipinski definition) is 0. The molecule has 1 aliphatic carbocycles. The van der Waals surface area contributed by atoms with E-state index in [0.717, 1.165) is 57.8 Å². The Bertz CT molecular complexity index is 394. The molecule has 1 aliphatic rings. The standard InChI is InChI=1S/C23H42O4/c1-3-5-7-8-9-10-11-15-19-27-23(25)21-17-13-12-16-20(21)22(24)26-18-14-6-4-2/h20-21H,3-19H2,1-2H3. The third kappa shape index (κ3) is 10.8. The number of esters is 2. The minimum Gasteiger partial charge on any atom is -0.465 e. The molecule has 0 N–H and O–H groups in total. The zero-order valence-electron chi connectivity index (χ0n) is 17.8. The first-order valence-corrected chi connectivity index (χ1v) is 11.5. The van der Waals surface area contributed by atoms with E-state index >= 15 is 0 Å². The summed E-state index contributed by atoms with van der Waals surface area (Å²) in [5.74, 6) is -0.981. The first-order chi connectivity index (χ1) is 13.2. The molecule has 4 heteroatoms. The SMILES string of the molecule is CCCCCCCCCCOC(=O)C1CCCCC1C(=O)OCCCCC. The van der Waals surface area contributed by atoms with Gasteiger partial charge in [-0.2, -0.15) is 0 Å². The second kappa shape index (κ2) is 15.9. The zero-order chi connectivity index (χ0) is 19.7. The van der Waals surface area contributed by atoms with Gasteiger partial charge >= 0.3 is 11.9 Å². The average Bonchev–Trinajstić information content (AvgIpc) is 2.69. The van der Waals surface area contributed by atoms with Crippen LogP contribution in [0.3, 0.4) is 0 Å². The normalized spacial score (nSPS) is 19.6. The Morgan fingerprint density at radius 2 is 1.00 bits per heavy atom. The maximum Gasteiger partial charge on any atom is 0.309 e. The van der Waals surface area contributed by atoms with Crippen molar-refractivity contribution in [1.82, 2.24) is 0 Å². The smallest absolute Gasteiger partial charge is 0.309 e. The second-order valence-electron chi connectivity index (χ2n) is 8.01. The maximum atomic E-state index is 12.5. The van der Waals surface area contributed by atoms with E-state index in [9.17, 15) is 9.59 Å². The van der Waals surface area contributed by atoms with E-state index in [1.165, 1.54) is 38.5 Å². The van der Waals surface area contributed by atoms with Crippen molar-refractivity contribution in [3.63, 3.8) is 0 Å². The molecule has 0 aromatic carbocycles. The molecule has 0 amide bonds. The Hall–Kier alpha value is -1.06. The molecule has 1 fully saturated rings. The fraction of sp³-hybridized carbons (Fsp3) is 0.913. The van der Waals surface area contributed by atoms with Gasteiger partial charge in [0.05, 0.1) is 25.0 Å². The summed E-state index contributed by atoms with van der Waals surface area (Å²) in [4.78, 5) is 24.8. The van der Waals surface area contributed by atoms with Gasteiger partial charge in [0, 0.05) is 0 Å². The Labute approximate surface area is 166 Å². The van der Waals surface area contributed by atoms with Crippen molar-refractivity contribution in [2.24, 2.45) is 11.8 Å². The molecule has 0 heterocycles. The number of carbonyl (C=O) groups is 2. The van der Waals surface area contributed by atoms with Crippen molar-refractivity contribution in [1.29, 1.82) is 0 Å². The summed E-state index contributed by atoms with van der Waals surface area (Å²) >= 11 is 0.